The van der Waals surface area contributed by atoms with Crippen LogP contribution in [0.5, 0.6) is 0 Å². The Morgan fingerprint density at radius 3 is 2.86 bits per heavy atom. The Morgan fingerprint density at radius 1 is 1.50 bits per heavy atom. The van der Waals surface area contributed by atoms with Crippen LogP contribution in [0.3, 0.4) is 0 Å². The van der Waals surface area contributed by atoms with Gasteiger partial charge in [0.15, 0.2) is 5.69 Å². The van der Waals surface area contributed by atoms with E-state index in [2.05, 4.69) is 5.10 Å². The van der Waals surface area contributed by atoms with Gasteiger partial charge in [0, 0.05) is 12.4 Å². The van der Waals surface area contributed by atoms with E-state index in [0.29, 0.717) is 5.39 Å². The first-order chi connectivity index (χ1) is 6.59. The van der Waals surface area contributed by atoms with Gasteiger partial charge in [-0.25, -0.2) is 4.79 Å². The summed E-state index contributed by atoms with van der Waals surface area (Å²) in [5.41, 5.74) is 1.99. The molecule has 1 heterocycles. The van der Waals surface area contributed by atoms with Crippen LogP contribution in [0.15, 0.2) is 18.2 Å². The van der Waals surface area contributed by atoms with Gasteiger partial charge in [-0.05, 0) is 19.1 Å². The number of carboxylic acids is 1. The summed E-state index contributed by atoms with van der Waals surface area (Å²) >= 11 is 0. The summed E-state index contributed by atoms with van der Waals surface area (Å²) in [6.07, 6.45) is 0. The third-order valence-corrected chi connectivity index (χ3v) is 2.19. The molecule has 0 aliphatic rings. The number of nitrogens with zero attached hydrogens (tertiary/aromatic N) is 2. The maximum atomic E-state index is 10.9. The molecule has 0 saturated heterocycles. The Hall–Kier alpha value is -1.84. The molecule has 0 aliphatic heterocycles. The molecule has 2 rings (SSSR count). The van der Waals surface area contributed by atoms with E-state index < -0.39 is 5.97 Å². The summed E-state index contributed by atoms with van der Waals surface area (Å²) in [6.45, 7) is 1.93. The quantitative estimate of drug-likeness (QED) is 0.742. The van der Waals surface area contributed by atoms with Crippen molar-refractivity contribution in [1.82, 2.24) is 9.78 Å². The van der Waals surface area contributed by atoms with Crippen LogP contribution < -0.4 is 0 Å². The summed E-state index contributed by atoms with van der Waals surface area (Å²) in [5.74, 6) is -0.944. The van der Waals surface area contributed by atoms with Gasteiger partial charge < -0.3 is 5.11 Å². The molecule has 0 aliphatic carbocycles. The van der Waals surface area contributed by atoms with Gasteiger partial charge in [-0.2, -0.15) is 5.10 Å². The second kappa shape index (κ2) is 2.83. The molecule has 72 valence electrons. The second-order valence-electron chi connectivity index (χ2n) is 3.30. The summed E-state index contributed by atoms with van der Waals surface area (Å²) in [7, 11) is 1.64. The van der Waals surface area contributed by atoms with Gasteiger partial charge in [0.1, 0.15) is 0 Å². The second-order valence-corrected chi connectivity index (χ2v) is 3.30. The van der Waals surface area contributed by atoms with Crippen LogP contribution in [0.4, 0.5) is 0 Å². The van der Waals surface area contributed by atoms with Crippen LogP contribution in [-0.2, 0) is 7.05 Å². The van der Waals surface area contributed by atoms with E-state index in [1.54, 1.807) is 7.05 Å². The van der Waals surface area contributed by atoms with Crippen LogP contribution in [-0.4, -0.2) is 20.9 Å². The highest BCUT2D eigenvalue weighted by Gasteiger charge is 2.14. The van der Waals surface area contributed by atoms with Gasteiger partial charge in [0.05, 0.1) is 5.52 Å². The number of carboxylic acid groups (broad SMARTS) is 1. The van der Waals surface area contributed by atoms with Gasteiger partial charge in [-0.1, -0.05) is 11.6 Å². The van der Waals surface area contributed by atoms with Crippen molar-refractivity contribution < 1.29 is 9.90 Å². The Bertz CT molecular complexity index is 514. The standard InChI is InChI=1S/C10H10N2O2/c1-6-3-4-8-7(5-6)9(10(13)14)12(2)11-8/h3-5H,1-2H3,(H,13,14). The summed E-state index contributed by atoms with van der Waals surface area (Å²) in [6, 6.07) is 5.59. The molecule has 1 N–H and O–H groups in total. The molecule has 14 heavy (non-hydrogen) atoms. The fourth-order valence-corrected chi connectivity index (χ4v) is 1.57. The maximum absolute atomic E-state index is 10.9. The molecule has 1 aromatic heterocycles. The number of hydrogen-bond acceptors (Lipinski definition) is 2. The Kier molecular flexibility index (Phi) is 1.77. The van der Waals surface area contributed by atoms with Crippen molar-refractivity contribution in [2.24, 2.45) is 7.05 Å². The minimum absolute atomic E-state index is 0.240. The van der Waals surface area contributed by atoms with Crippen LogP contribution in [0, 0.1) is 6.92 Å². The first-order valence-electron chi connectivity index (χ1n) is 4.26. The van der Waals surface area contributed by atoms with E-state index in [4.69, 9.17) is 5.11 Å². The molecule has 0 unspecified atom stereocenters. The average molecular weight is 190 g/mol. The molecule has 2 aromatic rings. The summed E-state index contributed by atoms with van der Waals surface area (Å²) in [5, 5.41) is 13.8. The SMILES string of the molecule is Cc1ccc2nn(C)c(C(=O)O)c2c1. The normalized spacial score (nSPS) is 10.7. The maximum Gasteiger partial charge on any atom is 0.354 e. The lowest BCUT2D eigenvalue weighted by Crippen LogP contribution is -2.05. The molecule has 0 amide bonds. The fraction of sp³-hybridized carbons (Fsp3) is 0.200. The predicted octanol–water partition coefficient (Wildman–Crippen LogP) is 1.58. The number of hydrogen-bond donors (Lipinski definition) is 1. The zero-order chi connectivity index (χ0) is 10.3. The molecule has 0 spiro atoms. The Balaban J connectivity index is 2.86. The smallest absolute Gasteiger partial charge is 0.354 e. The molecule has 0 atom stereocenters. The van der Waals surface area contributed by atoms with Gasteiger partial charge >= 0.3 is 5.97 Å². The van der Waals surface area contributed by atoms with E-state index in [1.807, 2.05) is 25.1 Å². The van der Waals surface area contributed by atoms with Crippen molar-refractivity contribution in [3.8, 4) is 0 Å². The highest BCUT2D eigenvalue weighted by Crippen LogP contribution is 2.18. The molecule has 4 nitrogen and oxygen atoms in total. The molecule has 0 saturated carbocycles. The lowest BCUT2D eigenvalue weighted by atomic mass is 10.1. The third-order valence-electron chi connectivity index (χ3n) is 2.19. The number of carbonyl (C=O) groups is 1. The van der Waals surface area contributed by atoms with Gasteiger partial charge in [0.2, 0.25) is 0 Å². The Labute approximate surface area is 80.8 Å². The highest BCUT2D eigenvalue weighted by atomic mass is 16.4. The first kappa shape index (κ1) is 8.74. The number of fused-ring (bicyclic) bond motifs is 1. The number of aromatic carboxylic acids is 1. The molecule has 0 radical (unpaired) electrons. The first-order valence-corrected chi connectivity index (χ1v) is 4.26. The molecular formula is C10H10N2O2. The fourth-order valence-electron chi connectivity index (χ4n) is 1.57. The number of benzene rings is 1. The lowest BCUT2D eigenvalue weighted by Gasteiger charge is -1.95. The molecule has 4 heteroatoms. The molecule has 1 aromatic carbocycles. The third kappa shape index (κ3) is 1.16. The average Bonchev–Trinajstić information content (AvgIpc) is 2.40. The molecule has 0 bridgehead atoms. The minimum atomic E-state index is -0.944. The Morgan fingerprint density at radius 2 is 2.21 bits per heavy atom. The van der Waals surface area contributed by atoms with Crippen LogP contribution in [0.2, 0.25) is 0 Å². The highest BCUT2D eigenvalue weighted by molar-refractivity contribution is 6.01. The summed E-state index contributed by atoms with van der Waals surface area (Å²) in [4.78, 5) is 10.9. The van der Waals surface area contributed by atoms with Crippen LogP contribution in [0.1, 0.15) is 16.1 Å². The lowest BCUT2D eigenvalue weighted by molar-refractivity contribution is 0.0687. The minimum Gasteiger partial charge on any atom is -0.477 e. The monoisotopic (exact) mass is 190 g/mol. The van der Waals surface area contributed by atoms with E-state index in [1.165, 1.54) is 4.68 Å². The van der Waals surface area contributed by atoms with Gasteiger partial charge in [0.25, 0.3) is 0 Å². The van der Waals surface area contributed by atoms with Crippen LogP contribution in [0.25, 0.3) is 10.9 Å². The van der Waals surface area contributed by atoms with E-state index in [-0.39, 0.29) is 5.69 Å². The van der Waals surface area contributed by atoms with Crippen molar-refractivity contribution in [3.05, 3.63) is 29.5 Å². The number of aromatic nitrogens is 2. The number of aryl methyl sites for hydroxylation is 2. The van der Waals surface area contributed by atoms with E-state index in [0.717, 1.165) is 11.1 Å². The topological polar surface area (TPSA) is 55.1 Å². The number of rotatable bonds is 1. The zero-order valence-electron chi connectivity index (χ0n) is 7.98. The van der Waals surface area contributed by atoms with E-state index in [9.17, 15) is 4.79 Å². The zero-order valence-corrected chi connectivity index (χ0v) is 7.98. The molecule has 0 fully saturated rings. The summed E-state index contributed by atoms with van der Waals surface area (Å²) < 4.78 is 1.40. The van der Waals surface area contributed by atoms with Crippen molar-refractivity contribution in [3.63, 3.8) is 0 Å². The molecular weight excluding hydrogens is 180 g/mol. The van der Waals surface area contributed by atoms with Crippen LogP contribution >= 0.6 is 0 Å². The largest absolute Gasteiger partial charge is 0.477 e. The van der Waals surface area contributed by atoms with Crippen molar-refractivity contribution >= 4 is 16.9 Å². The van der Waals surface area contributed by atoms with Gasteiger partial charge in [-0.3, -0.25) is 4.68 Å². The predicted molar refractivity (Wildman–Crippen MR) is 52.4 cm³/mol. The van der Waals surface area contributed by atoms with E-state index >= 15 is 0 Å². The van der Waals surface area contributed by atoms with Gasteiger partial charge in [-0.15, -0.1) is 0 Å². The van der Waals surface area contributed by atoms with Crippen molar-refractivity contribution in [2.75, 3.05) is 0 Å². The van der Waals surface area contributed by atoms with Crippen molar-refractivity contribution in [1.29, 1.82) is 0 Å². The van der Waals surface area contributed by atoms with Crippen molar-refractivity contribution in [2.45, 2.75) is 6.92 Å².